The number of carbonyl (C=O) groups excluding carboxylic acids is 1. The van der Waals surface area contributed by atoms with Gasteiger partial charge in [0.15, 0.2) is 0 Å². The van der Waals surface area contributed by atoms with Crippen LogP contribution in [0.15, 0.2) is 12.7 Å². The minimum absolute atomic E-state index is 0.0997. The third-order valence-electron chi connectivity index (χ3n) is 1.39. The van der Waals surface area contributed by atoms with Gasteiger partial charge in [-0.3, -0.25) is 4.79 Å². The van der Waals surface area contributed by atoms with E-state index in [0.717, 1.165) is 6.54 Å². The standard InChI is InChI=1S/C9H18N2O/c1-5-8(12)10-6-7-11-9(2,3)4/h5,11H,1,6-7H2,2-4H3,(H,10,12)/p+1. The van der Waals surface area contributed by atoms with Gasteiger partial charge in [0.2, 0.25) is 5.91 Å². The minimum Gasteiger partial charge on any atom is -0.347 e. The first kappa shape index (κ1) is 11.2. The van der Waals surface area contributed by atoms with E-state index in [-0.39, 0.29) is 11.4 Å². The van der Waals surface area contributed by atoms with E-state index >= 15 is 0 Å². The summed E-state index contributed by atoms with van der Waals surface area (Å²) in [6, 6.07) is 0. The van der Waals surface area contributed by atoms with Crippen molar-refractivity contribution >= 4 is 5.91 Å². The van der Waals surface area contributed by atoms with E-state index in [4.69, 9.17) is 0 Å². The predicted octanol–water partition coefficient (Wildman–Crippen LogP) is -0.349. The van der Waals surface area contributed by atoms with Crippen molar-refractivity contribution < 1.29 is 10.1 Å². The molecule has 0 saturated carbocycles. The maximum absolute atomic E-state index is 10.7. The van der Waals surface area contributed by atoms with Gasteiger partial charge in [-0.15, -0.1) is 0 Å². The van der Waals surface area contributed by atoms with E-state index in [1.807, 2.05) is 0 Å². The lowest BCUT2D eigenvalue weighted by molar-refractivity contribution is -0.715. The second kappa shape index (κ2) is 4.93. The summed E-state index contributed by atoms with van der Waals surface area (Å²) in [5.74, 6) is -0.0997. The highest BCUT2D eigenvalue weighted by Gasteiger charge is 2.11. The first-order valence-electron chi connectivity index (χ1n) is 4.20. The fraction of sp³-hybridized carbons (Fsp3) is 0.667. The maximum atomic E-state index is 10.7. The number of nitrogens with one attached hydrogen (secondary N) is 1. The Balaban J connectivity index is 3.34. The highest BCUT2D eigenvalue weighted by Crippen LogP contribution is 1.87. The zero-order chi connectivity index (χ0) is 9.61. The van der Waals surface area contributed by atoms with Crippen LogP contribution in [0.1, 0.15) is 20.8 Å². The lowest BCUT2D eigenvalue weighted by Gasteiger charge is -2.16. The maximum Gasteiger partial charge on any atom is 0.243 e. The number of hydrogen-bond acceptors (Lipinski definition) is 1. The van der Waals surface area contributed by atoms with Gasteiger partial charge in [0, 0.05) is 0 Å². The van der Waals surface area contributed by atoms with Crippen molar-refractivity contribution in [3.05, 3.63) is 12.7 Å². The second-order valence-corrected chi connectivity index (χ2v) is 3.85. The Hall–Kier alpha value is -0.830. The molecule has 0 spiro atoms. The van der Waals surface area contributed by atoms with Crippen molar-refractivity contribution in [1.82, 2.24) is 5.32 Å². The Morgan fingerprint density at radius 3 is 2.58 bits per heavy atom. The molecular weight excluding hydrogens is 152 g/mol. The van der Waals surface area contributed by atoms with Crippen LogP contribution in [-0.4, -0.2) is 24.5 Å². The molecule has 0 saturated heterocycles. The quantitative estimate of drug-likeness (QED) is 0.441. The molecule has 0 bridgehead atoms. The third-order valence-corrected chi connectivity index (χ3v) is 1.39. The summed E-state index contributed by atoms with van der Waals surface area (Å²) in [5.41, 5.74) is 0.235. The summed E-state index contributed by atoms with van der Waals surface area (Å²) >= 11 is 0. The summed E-state index contributed by atoms with van der Waals surface area (Å²) in [4.78, 5) is 10.7. The molecule has 70 valence electrons. The van der Waals surface area contributed by atoms with Crippen LogP contribution in [0.3, 0.4) is 0 Å². The van der Waals surface area contributed by atoms with E-state index in [9.17, 15) is 4.79 Å². The molecule has 0 aliphatic heterocycles. The molecule has 0 aliphatic carbocycles. The van der Waals surface area contributed by atoms with E-state index in [1.54, 1.807) is 0 Å². The number of carbonyl (C=O) groups is 1. The van der Waals surface area contributed by atoms with Gasteiger partial charge in [-0.25, -0.2) is 0 Å². The van der Waals surface area contributed by atoms with Gasteiger partial charge >= 0.3 is 0 Å². The summed E-state index contributed by atoms with van der Waals surface area (Å²) in [5, 5.41) is 4.91. The molecule has 0 radical (unpaired) electrons. The van der Waals surface area contributed by atoms with E-state index < -0.39 is 0 Å². The molecule has 0 unspecified atom stereocenters. The Morgan fingerprint density at radius 2 is 2.17 bits per heavy atom. The highest BCUT2D eigenvalue weighted by atomic mass is 16.1. The highest BCUT2D eigenvalue weighted by molar-refractivity contribution is 5.86. The zero-order valence-corrected chi connectivity index (χ0v) is 8.18. The van der Waals surface area contributed by atoms with Crippen LogP contribution in [0.2, 0.25) is 0 Å². The monoisotopic (exact) mass is 171 g/mol. The van der Waals surface area contributed by atoms with Gasteiger partial charge in [0.1, 0.15) is 0 Å². The molecule has 12 heavy (non-hydrogen) atoms. The summed E-state index contributed by atoms with van der Waals surface area (Å²) in [7, 11) is 0. The Bertz CT molecular complexity index is 158. The minimum atomic E-state index is -0.0997. The Labute approximate surface area is 74.2 Å². The fourth-order valence-corrected chi connectivity index (χ4v) is 0.773. The van der Waals surface area contributed by atoms with Gasteiger partial charge in [-0.05, 0) is 26.8 Å². The predicted molar refractivity (Wildman–Crippen MR) is 49.8 cm³/mol. The summed E-state index contributed by atoms with van der Waals surface area (Å²) in [6.45, 7) is 11.4. The normalized spacial score (nSPS) is 10.9. The lowest BCUT2D eigenvalue weighted by atomic mass is 10.1. The smallest absolute Gasteiger partial charge is 0.243 e. The van der Waals surface area contributed by atoms with Crippen LogP contribution in [-0.2, 0) is 4.79 Å². The molecule has 0 aromatic carbocycles. The lowest BCUT2D eigenvalue weighted by Crippen LogP contribution is -2.95. The molecule has 3 heteroatoms. The van der Waals surface area contributed by atoms with Crippen LogP contribution in [0.5, 0.6) is 0 Å². The molecule has 0 heterocycles. The van der Waals surface area contributed by atoms with E-state index in [0.29, 0.717) is 6.54 Å². The molecule has 1 amide bonds. The average molecular weight is 171 g/mol. The molecular formula is C9H19N2O+. The van der Waals surface area contributed by atoms with Crippen molar-refractivity contribution in [2.75, 3.05) is 13.1 Å². The summed E-state index contributed by atoms with van der Waals surface area (Å²) < 4.78 is 0. The molecule has 0 fully saturated rings. The number of hydrogen-bond donors (Lipinski definition) is 2. The van der Waals surface area contributed by atoms with Gasteiger partial charge in [-0.2, -0.15) is 0 Å². The number of rotatable bonds is 4. The SMILES string of the molecule is C=CC(=O)NCC[NH2+]C(C)(C)C. The van der Waals surface area contributed by atoms with E-state index in [2.05, 4.69) is 38.0 Å². The van der Waals surface area contributed by atoms with Crippen molar-refractivity contribution in [2.24, 2.45) is 0 Å². The van der Waals surface area contributed by atoms with Crippen molar-refractivity contribution in [1.29, 1.82) is 0 Å². The van der Waals surface area contributed by atoms with Crippen LogP contribution in [0.25, 0.3) is 0 Å². The van der Waals surface area contributed by atoms with Crippen LogP contribution >= 0.6 is 0 Å². The second-order valence-electron chi connectivity index (χ2n) is 3.85. The van der Waals surface area contributed by atoms with Gasteiger partial charge in [0.05, 0.1) is 18.6 Å². The molecule has 0 aromatic heterocycles. The molecule has 3 N–H and O–H groups in total. The Kier molecular flexibility index (Phi) is 4.59. The van der Waals surface area contributed by atoms with Gasteiger partial charge in [-0.1, -0.05) is 6.58 Å². The van der Waals surface area contributed by atoms with Crippen molar-refractivity contribution in [3.8, 4) is 0 Å². The zero-order valence-electron chi connectivity index (χ0n) is 8.18. The topological polar surface area (TPSA) is 45.7 Å². The molecule has 0 aromatic rings. The molecule has 3 nitrogen and oxygen atoms in total. The summed E-state index contributed by atoms with van der Waals surface area (Å²) in [6.07, 6.45) is 1.29. The number of amides is 1. The van der Waals surface area contributed by atoms with Crippen molar-refractivity contribution in [3.63, 3.8) is 0 Å². The third kappa shape index (κ3) is 7.28. The Morgan fingerprint density at radius 1 is 1.58 bits per heavy atom. The van der Waals surface area contributed by atoms with Gasteiger partial charge < -0.3 is 10.6 Å². The molecule has 0 aliphatic rings. The number of quaternary nitrogens is 1. The van der Waals surface area contributed by atoms with E-state index in [1.165, 1.54) is 6.08 Å². The largest absolute Gasteiger partial charge is 0.347 e. The van der Waals surface area contributed by atoms with Crippen LogP contribution < -0.4 is 10.6 Å². The first-order chi connectivity index (χ1) is 5.45. The first-order valence-corrected chi connectivity index (χ1v) is 4.20. The van der Waals surface area contributed by atoms with Crippen LogP contribution in [0.4, 0.5) is 0 Å². The average Bonchev–Trinajstić information content (AvgIpc) is 1.96. The van der Waals surface area contributed by atoms with Gasteiger partial charge in [0.25, 0.3) is 0 Å². The van der Waals surface area contributed by atoms with Crippen LogP contribution in [0, 0.1) is 0 Å². The van der Waals surface area contributed by atoms with Crippen molar-refractivity contribution in [2.45, 2.75) is 26.3 Å². The fourth-order valence-electron chi connectivity index (χ4n) is 0.773. The number of nitrogens with two attached hydrogens (primary N) is 1. The molecule has 0 rings (SSSR count). The molecule has 0 atom stereocenters.